The molecule has 0 aliphatic heterocycles. The number of aromatic nitrogens is 2. The molecule has 0 saturated heterocycles. The number of nitrogens with zero attached hydrogens (tertiary/aromatic N) is 2. The fraction of sp³-hybridized carbons (Fsp3) is 0.333. The molecular formula is C15H20N4O. The van der Waals surface area contributed by atoms with Crippen molar-refractivity contribution in [1.82, 2.24) is 15.1 Å². The number of amides is 1. The Kier molecular flexibility index (Phi) is 4.53. The lowest BCUT2D eigenvalue weighted by molar-refractivity contribution is 0.0995. The average Bonchev–Trinajstić information content (AvgIpc) is 2.95. The van der Waals surface area contributed by atoms with Gasteiger partial charge in [0.2, 0.25) is 0 Å². The molecule has 0 spiro atoms. The zero-order valence-corrected chi connectivity index (χ0v) is 11.8. The maximum absolute atomic E-state index is 11.1. The molecule has 1 amide bonds. The van der Waals surface area contributed by atoms with Gasteiger partial charge in [-0.05, 0) is 36.7 Å². The summed E-state index contributed by atoms with van der Waals surface area (Å²) < 4.78 is 1.67. The number of nitrogens with one attached hydrogen (secondary N) is 1. The zero-order chi connectivity index (χ0) is 14.5. The molecule has 106 valence electrons. The van der Waals surface area contributed by atoms with Crippen LogP contribution in [0.3, 0.4) is 0 Å². The van der Waals surface area contributed by atoms with Gasteiger partial charge in [0.1, 0.15) is 5.69 Å². The molecule has 1 heterocycles. The number of primary amides is 1. The van der Waals surface area contributed by atoms with Crippen molar-refractivity contribution >= 4 is 5.91 Å². The van der Waals surface area contributed by atoms with E-state index >= 15 is 0 Å². The molecule has 0 radical (unpaired) electrons. The van der Waals surface area contributed by atoms with Crippen molar-refractivity contribution in [2.24, 2.45) is 5.73 Å². The Labute approximate surface area is 118 Å². The van der Waals surface area contributed by atoms with Gasteiger partial charge in [0, 0.05) is 12.2 Å². The molecule has 1 aromatic heterocycles. The van der Waals surface area contributed by atoms with Crippen LogP contribution >= 0.6 is 0 Å². The SMILES string of the molecule is CCNC(CC)c1cccc(-n2ccc(C(N)=O)n2)c1. The summed E-state index contributed by atoms with van der Waals surface area (Å²) in [6.45, 7) is 5.18. The van der Waals surface area contributed by atoms with Gasteiger partial charge in [-0.25, -0.2) is 4.68 Å². The Morgan fingerprint density at radius 1 is 1.40 bits per heavy atom. The monoisotopic (exact) mass is 272 g/mol. The molecule has 0 aliphatic carbocycles. The van der Waals surface area contributed by atoms with Crippen molar-refractivity contribution in [1.29, 1.82) is 0 Å². The van der Waals surface area contributed by atoms with Gasteiger partial charge in [-0.1, -0.05) is 26.0 Å². The second-order valence-electron chi connectivity index (χ2n) is 4.62. The first-order chi connectivity index (χ1) is 9.65. The molecule has 5 nitrogen and oxygen atoms in total. The number of rotatable bonds is 6. The lowest BCUT2D eigenvalue weighted by atomic mass is 10.0. The van der Waals surface area contributed by atoms with Gasteiger partial charge in [0.15, 0.2) is 0 Å². The lowest BCUT2D eigenvalue weighted by Crippen LogP contribution is -2.20. The number of hydrogen-bond donors (Lipinski definition) is 2. The maximum atomic E-state index is 11.1. The summed E-state index contributed by atoms with van der Waals surface area (Å²) in [7, 11) is 0. The largest absolute Gasteiger partial charge is 0.364 e. The number of hydrogen-bond acceptors (Lipinski definition) is 3. The van der Waals surface area contributed by atoms with E-state index in [2.05, 4.69) is 36.4 Å². The molecule has 3 N–H and O–H groups in total. The predicted octanol–water partition coefficient (Wildman–Crippen LogP) is 2.03. The molecule has 1 aromatic carbocycles. The van der Waals surface area contributed by atoms with Crippen molar-refractivity contribution < 1.29 is 4.79 Å². The van der Waals surface area contributed by atoms with Crippen molar-refractivity contribution in [3.05, 3.63) is 47.8 Å². The molecular weight excluding hydrogens is 252 g/mol. The van der Waals surface area contributed by atoms with Crippen LogP contribution in [0.4, 0.5) is 0 Å². The Bertz CT molecular complexity index is 591. The van der Waals surface area contributed by atoms with Crippen LogP contribution in [0.1, 0.15) is 42.4 Å². The number of carbonyl (C=O) groups excluding carboxylic acids is 1. The van der Waals surface area contributed by atoms with E-state index in [4.69, 9.17) is 5.73 Å². The Morgan fingerprint density at radius 2 is 2.20 bits per heavy atom. The van der Waals surface area contributed by atoms with Crippen molar-refractivity contribution in [3.63, 3.8) is 0 Å². The molecule has 20 heavy (non-hydrogen) atoms. The second kappa shape index (κ2) is 6.34. The van der Waals surface area contributed by atoms with Crippen molar-refractivity contribution in [3.8, 4) is 5.69 Å². The highest BCUT2D eigenvalue weighted by Gasteiger charge is 2.10. The quantitative estimate of drug-likeness (QED) is 0.845. The standard InChI is InChI=1S/C15H20N4O/c1-3-13(17-4-2)11-6-5-7-12(10-11)19-9-8-14(18-19)15(16)20/h5-10,13,17H,3-4H2,1-2H3,(H2,16,20). The Morgan fingerprint density at radius 3 is 2.80 bits per heavy atom. The van der Waals surface area contributed by atoms with Crippen molar-refractivity contribution in [2.45, 2.75) is 26.3 Å². The molecule has 2 aromatic rings. The Balaban J connectivity index is 2.30. The summed E-state index contributed by atoms with van der Waals surface area (Å²) in [6, 6.07) is 10.1. The molecule has 0 fully saturated rings. The van der Waals surface area contributed by atoms with Crippen LogP contribution < -0.4 is 11.1 Å². The van der Waals surface area contributed by atoms with E-state index in [0.29, 0.717) is 6.04 Å². The van der Waals surface area contributed by atoms with Crippen LogP contribution in [0.2, 0.25) is 0 Å². The second-order valence-corrected chi connectivity index (χ2v) is 4.62. The van der Waals surface area contributed by atoms with E-state index < -0.39 is 5.91 Å². The van der Waals surface area contributed by atoms with Crippen LogP contribution in [-0.4, -0.2) is 22.2 Å². The molecule has 0 bridgehead atoms. The van der Waals surface area contributed by atoms with Crippen LogP contribution in [0.15, 0.2) is 36.5 Å². The van der Waals surface area contributed by atoms with Gasteiger partial charge in [0.05, 0.1) is 5.69 Å². The molecule has 1 atom stereocenters. The summed E-state index contributed by atoms with van der Waals surface area (Å²) in [5, 5.41) is 7.62. The van der Waals surface area contributed by atoms with E-state index in [1.165, 1.54) is 5.56 Å². The van der Waals surface area contributed by atoms with Gasteiger partial charge >= 0.3 is 0 Å². The fourth-order valence-corrected chi connectivity index (χ4v) is 2.23. The van der Waals surface area contributed by atoms with Gasteiger partial charge in [-0.2, -0.15) is 5.10 Å². The molecule has 0 saturated carbocycles. The first-order valence-corrected chi connectivity index (χ1v) is 6.84. The minimum Gasteiger partial charge on any atom is -0.364 e. The number of nitrogens with two attached hydrogens (primary N) is 1. The zero-order valence-electron chi connectivity index (χ0n) is 11.8. The van der Waals surface area contributed by atoms with Crippen LogP contribution in [-0.2, 0) is 0 Å². The van der Waals surface area contributed by atoms with E-state index in [-0.39, 0.29) is 5.69 Å². The topological polar surface area (TPSA) is 72.9 Å². The highest BCUT2D eigenvalue weighted by molar-refractivity contribution is 5.90. The fourth-order valence-electron chi connectivity index (χ4n) is 2.23. The summed E-state index contributed by atoms with van der Waals surface area (Å²) in [6.07, 6.45) is 2.76. The van der Waals surface area contributed by atoms with E-state index in [0.717, 1.165) is 18.7 Å². The third kappa shape index (κ3) is 3.05. The number of benzene rings is 1. The van der Waals surface area contributed by atoms with Crippen molar-refractivity contribution in [2.75, 3.05) is 6.54 Å². The molecule has 1 unspecified atom stereocenters. The van der Waals surface area contributed by atoms with Crippen LogP contribution in [0.5, 0.6) is 0 Å². The smallest absolute Gasteiger partial charge is 0.269 e. The Hall–Kier alpha value is -2.14. The van der Waals surface area contributed by atoms with Crippen LogP contribution in [0.25, 0.3) is 5.69 Å². The van der Waals surface area contributed by atoms with E-state index in [1.807, 2.05) is 12.1 Å². The average molecular weight is 272 g/mol. The first kappa shape index (κ1) is 14.3. The predicted molar refractivity (Wildman–Crippen MR) is 78.8 cm³/mol. The molecule has 5 heteroatoms. The van der Waals surface area contributed by atoms with E-state index in [9.17, 15) is 4.79 Å². The van der Waals surface area contributed by atoms with Crippen LogP contribution in [0, 0.1) is 0 Å². The minimum atomic E-state index is -0.515. The number of carbonyl (C=O) groups is 1. The van der Waals surface area contributed by atoms with Gasteiger partial charge < -0.3 is 11.1 Å². The third-order valence-corrected chi connectivity index (χ3v) is 3.24. The van der Waals surface area contributed by atoms with E-state index in [1.54, 1.807) is 16.9 Å². The maximum Gasteiger partial charge on any atom is 0.269 e. The normalized spacial score (nSPS) is 12.3. The molecule has 2 rings (SSSR count). The highest BCUT2D eigenvalue weighted by Crippen LogP contribution is 2.19. The summed E-state index contributed by atoms with van der Waals surface area (Å²) in [4.78, 5) is 11.1. The summed E-state index contributed by atoms with van der Waals surface area (Å²) in [5.41, 5.74) is 7.63. The highest BCUT2D eigenvalue weighted by atomic mass is 16.1. The summed E-state index contributed by atoms with van der Waals surface area (Å²) in [5.74, 6) is -0.515. The first-order valence-electron chi connectivity index (χ1n) is 6.84. The minimum absolute atomic E-state index is 0.272. The van der Waals surface area contributed by atoms with Gasteiger partial charge in [0.25, 0.3) is 5.91 Å². The lowest BCUT2D eigenvalue weighted by Gasteiger charge is -2.17. The third-order valence-electron chi connectivity index (χ3n) is 3.24. The van der Waals surface area contributed by atoms with Gasteiger partial charge in [-0.15, -0.1) is 0 Å². The summed E-state index contributed by atoms with van der Waals surface area (Å²) >= 11 is 0. The molecule has 0 aliphatic rings. The van der Waals surface area contributed by atoms with Gasteiger partial charge in [-0.3, -0.25) is 4.79 Å².